The van der Waals surface area contributed by atoms with Crippen molar-refractivity contribution in [1.82, 2.24) is 0 Å². The Bertz CT molecular complexity index is 680. The fourth-order valence-electron chi connectivity index (χ4n) is 1.23. The topological polar surface area (TPSA) is 235 Å². The van der Waals surface area contributed by atoms with Crippen molar-refractivity contribution in [1.29, 1.82) is 0 Å². The maximum absolute atomic E-state index is 9.64. The number of aromatic amines is 2. The van der Waals surface area contributed by atoms with Gasteiger partial charge in [0.05, 0.1) is 12.8 Å². The number of aliphatic carboxylic acids is 4. The summed E-state index contributed by atoms with van der Waals surface area (Å²) in [5, 5.41) is 36.4. The van der Waals surface area contributed by atoms with E-state index >= 15 is 0 Å². The summed E-state index contributed by atoms with van der Waals surface area (Å²) in [4.78, 5) is 46.5. The van der Waals surface area contributed by atoms with Gasteiger partial charge in [-0.15, -0.1) is 0 Å². The van der Waals surface area contributed by atoms with E-state index in [-0.39, 0.29) is 12.8 Å². The summed E-state index contributed by atoms with van der Waals surface area (Å²) in [6.07, 6.45) is 2.25. The Hall–Kier alpha value is -3.26. The Morgan fingerprint density at radius 1 is 0.800 bits per heavy atom. The second-order valence-corrected chi connectivity index (χ2v) is 7.84. The molecule has 0 aliphatic carbocycles. The molecule has 30 heavy (non-hydrogen) atoms. The number of H-pyrrole nitrogens is 2. The molecule has 0 saturated carbocycles. The minimum atomic E-state index is -1.37. The third-order valence-electron chi connectivity index (χ3n) is 2.46. The van der Waals surface area contributed by atoms with Crippen molar-refractivity contribution in [3.8, 4) is 0 Å². The number of nitrogens with one attached hydrogen (secondary N) is 2. The minimum Gasteiger partial charge on any atom is -0.550 e. The summed E-state index contributed by atoms with van der Waals surface area (Å²) in [5.41, 5.74) is 10.7. The van der Waals surface area contributed by atoms with Gasteiger partial charge in [-0.05, 0) is 26.7 Å². The normalized spacial score (nSPS) is 8.87. The van der Waals surface area contributed by atoms with E-state index in [9.17, 15) is 29.4 Å². The Kier molecular flexibility index (Phi) is 16.1. The molecule has 0 unspecified atom stereocenters. The smallest absolute Gasteiger partial charge is 0.329 e. The maximum atomic E-state index is 9.64. The Morgan fingerprint density at radius 3 is 1.20 bits per heavy atom. The number of aryl methyl sites for hydroxylation is 2. The summed E-state index contributed by atoms with van der Waals surface area (Å²) in [6.45, 7) is 4.02. The highest BCUT2D eigenvalue weighted by Crippen LogP contribution is 2.07. The molecule has 2 rings (SSSR count). The Balaban J connectivity index is 0. The molecule has 0 fully saturated rings. The number of hydrogen-bond donors (Lipinski definition) is 4. The van der Waals surface area contributed by atoms with Gasteiger partial charge in [-0.3, -0.25) is 21.1 Å². The number of carboxylic acid groups (broad SMARTS) is 4. The molecule has 0 saturated heterocycles. The Labute approximate surface area is 179 Å². The number of rotatable bonds is 6. The SMILES string of the molecule is Cc1c[nH+]c(N)s1.Cc1c[nH+]c(N)s1.O=C(O)CCC(=O)O.O=C([O-])CCC(=O)[O-]. The molecule has 0 aliphatic rings. The third kappa shape index (κ3) is 22.8. The molecule has 12 nitrogen and oxygen atoms in total. The van der Waals surface area contributed by atoms with Crippen molar-refractivity contribution in [2.24, 2.45) is 0 Å². The van der Waals surface area contributed by atoms with Gasteiger partial charge in [-0.2, -0.15) is 0 Å². The number of nitrogens with two attached hydrogens (primary N) is 2. The zero-order chi connectivity index (χ0) is 23.7. The van der Waals surface area contributed by atoms with Crippen LogP contribution in [0.1, 0.15) is 35.4 Å². The predicted octanol–water partition coefficient (Wildman–Crippen LogP) is -1.89. The van der Waals surface area contributed by atoms with Crippen molar-refractivity contribution >= 4 is 56.8 Å². The van der Waals surface area contributed by atoms with Crippen LogP contribution in [0.25, 0.3) is 0 Å². The number of thiazole rings is 2. The molecule has 8 N–H and O–H groups in total. The van der Waals surface area contributed by atoms with Crippen LogP contribution in [0, 0.1) is 13.8 Å². The fraction of sp³-hybridized carbons (Fsp3) is 0.375. The highest BCUT2D eigenvalue weighted by Gasteiger charge is 2.00. The van der Waals surface area contributed by atoms with Gasteiger partial charge in [0, 0.05) is 21.7 Å². The highest BCUT2D eigenvalue weighted by molar-refractivity contribution is 7.15. The summed E-state index contributed by atoms with van der Waals surface area (Å²) >= 11 is 3.13. The van der Waals surface area contributed by atoms with E-state index in [2.05, 4.69) is 9.97 Å². The summed E-state index contributed by atoms with van der Waals surface area (Å²) in [6, 6.07) is 0. The molecule has 0 radical (unpaired) electrons. The van der Waals surface area contributed by atoms with Gasteiger partial charge < -0.3 is 30.0 Å². The van der Waals surface area contributed by atoms with Gasteiger partial charge >= 0.3 is 22.2 Å². The maximum Gasteiger partial charge on any atom is 0.329 e. The second kappa shape index (κ2) is 16.7. The first-order valence-corrected chi connectivity index (χ1v) is 9.77. The van der Waals surface area contributed by atoms with Gasteiger partial charge in [0.15, 0.2) is 0 Å². The van der Waals surface area contributed by atoms with Crippen LogP contribution in [0.4, 0.5) is 10.3 Å². The average Bonchev–Trinajstić information content (AvgIpc) is 3.19. The van der Waals surface area contributed by atoms with E-state index in [0.717, 1.165) is 10.3 Å². The standard InChI is InChI=1S/2C4H6N2S.2C4H6O4/c2*1-3-2-6-4(5)7-3;2*5-3(6)1-2-4(7)8/h2*2H,1H3,(H2,5,6);2*1-2H2,(H,5,6)(H,7,8). The van der Waals surface area contributed by atoms with Crippen LogP contribution in [0.5, 0.6) is 0 Å². The number of anilines is 2. The number of carboxylic acids is 4. The van der Waals surface area contributed by atoms with E-state index in [4.69, 9.17) is 21.7 Å². The zero-order valence-corrected chi connectivity index (χ0v) is 17.9. The largest absolute Gasteiger partial charge is 0.550 e. The van der Waals surface area contributed by atoms with Crippen molar-refractivity contribution in [2.45, 2.75) is 39.5 Å². The number of nitrogen functional groups attached to an aromatic ring is 2. The highest BCUT2D eigenvalue weighted by atomic mass is 32.1. The number of carbonyl (C=O) groups excluding carboxylic acids is 2. The number of carbonyl (C=O) groups is 4. The molecule has 0 aromatic carbocycles. The Morgan fingerprint density at radius 2 is 1.10 bits per heavy atom. The predicted molar refractivity (Wildman–Crippen MR) is 104 cm³/mol. The zero-order valence-electron chi connectivity index (χ0n) is 16.3. The lowest BCUT2D eigenvalue weighted by Crippen LogP contribution is -2.27. The van der Waals surface area contributed by atoms with Crippen molar-refractivity contribution < 1.29 is 49.6 Å². The van der Waals surface area contributed by atoms with Crippen LogP contribution in [-0.4, -0.2) is 34.1 Å². The average molecular weight is 465 g/mol. The van der Waals surface area contributed by atoms with Crippen LogP contribution in [-0.2, 0) is 19.2 Å². The van der Waals surface area contributed by atoms with Crippen LogP contribution < -0.4 is 31.6 Å². The van der Waals surface area contributed by atoms with E-state index < -0.39 is 36.7 Å². The van der Waals surface area contributed by atoms with Crippen LogP contribution in [0.3, 0.4) is 0 Å². The van der Waals surface area contributed by atoms with Crippen LogP contribution in [0.2, 0.25) is 0 Å². The van der Waals surface area contributed by atoms with E-state index in [1.807, 2.05) is 26.2 Å². The minimum absolute atomic E-state index is 0.296. The fourth-order valence-corrected chi connectivity index (χ4v) is 2.39. The van der Waals surface area contributed by atoms with Crippen molar-refractivity contribution in [3.63, 3.8) is 0 Å². The summed E-state index contributed by atoms with van der Waals surface area (Å²) < 4.78 is 0. The van der Waals surface area contributed by atoms with Crippen molar-refractivity contribution in [2.75, 3.05) is 11.5 Å². The first kappa shape index (κ1) is 28.9. The quantitative estimate of drug-likeness (QED) is 0.370. The molecular weight excluding hydrogens is 440 g/mol. The molecule has 2 aromatic rings. The molecule has 0 aliphatic heterocycles. The molecule has 168 valence electrons. The molecule has 0 spiro atoms. The van der Waals surface area contributed by atoms with Crippen LogP contribution >= 0.6 is 22.7 Å². The van der Waals surface area contributed by atoms with Gasteiger partial charge in [0.25, 0.3) is 0 Å². The lowest BCUT2D eigenvalue weighted by atomic mass is 10.3. The van der Waals surface area contributed by atoms with E-state index in [1.54, 1.807) is 22.7 Å². The van der Waals surface area contributed by atoms with Crippen LogP contribution in [0.15, 0.2) is 12.4 Å². The number of hydrogen-bond acceptors (Lipinski definition) is 10. The lowest BCUT2D eigenvalue weighted by Gasteiger charge is -2.00. The first-order chi connectivity index (χ1) is 13.8. The second-order valence-electron chi connectivity index (χ2n) is 5.26. The summed E-state index contributed by atoms with van der Waals surface area (Å²) in [7, 11) is 0. The lowest BCUT2D eigenvalue weighted by molar-refractivity contribution is -0.354. The monoisotopic (exact) mass is 464 g/mol. The first-order valence-electron chi connectivity index (χ1n) is 8.13. The van der Waals surface area contributed by atoms with Gasteiger partial charge in [-0.1, -0.05) is 22.7 Å². The van der Waals surface area contributed by atoms with Gasteiger partial charge in [-0.25, -0.2) is 9.97 Å². The molecule has 14 heteroatoms. The molecule has 2 heterocycles. The van der Waals surface area contributed by atoms with E-state index in [1.165, 1.54) is 9.75 Å². The van der Waals surface area contributed by atoms with Gasteiger partial charge in [0.2, 0.25) is 0 Å². The number of aromatic nitrogens is 2. The molecule has 0 bridgehead atoms. The van der Waals surface area contributed by atoms with E-state index in [0.29, 0.717) is 0 Å². The summed E-state index contributed by atoms with van der Waals surface area (Å²) in [5.74, 6) is -4.89. The molecular formula is C16H24N4O8S2. The molecule has 0 amide bonds. The molecule has 2 aromatic heterocycles. The molecule has 0 atom stereocenters. The van der Waals surface area contributed by atoms with Crippen molar-refractivity contribution in [3.05, 3.63) is 22.1 Å². The van der Waals surface area contributed by atoms with Gasteiger partial charge in [0.1, 0.15) is 12.4 Å². The third-order valence-corrected chi connectivity index (χ3v) is 4.02.